The number of benzene rings is 2. The van der Waals surface area contributed by atoms with Crippen molar-refractivity contribution in [2.75, 3.05) is 26.7 Å². The Morgan fingerprint density at radius 3 is 2.58 bits per heavy atom. The summed E-state index contributed by atoms with van der Waals surface area (Å²) in [5.41, 5.74) is 11.0. The zero-order chi connectivity index (χ0) is 22.8. The first-order valence-corrected chi connectivity index (χ1v) is 11.9. The highest BCUT2D eigenvalue weighted by atomic mass is 16.5. The number of ether oxygens (including phenoxy) is 1. The minimum Gasteiger partial charge on any atom is -0.497 e. The number of methoxy groups -OCH3 is 1. The normalized spacial score (nSPS) is 15.4. The van der Waals surface area contributed by atoms with Crippen LogP contribution >= 0.6 is 0 Å². The smallest absolute Gasteiger partial charge is 0.248 e. The number of unbranched alkanes of at least 4 members (excludes halogenated alkanes) is 1. The van der Waals surface area contributed by atoms with Gasteiger partial charge in [0.15, 0.2) is 0 Å². The van der Waals surface area contributed by atoms with Crippen LogP contribution in [0.1, 0.15) is 53.1 Å². The molecule has 0 unspecified atom stereocenters. The lowest BCUT2D eigenvalue weighted by molar-refractivity contribution is 0.100. The number of H-pyrrole nitrogens is 2. The first-order valence-electron chi connectivity index (χ1n) is 11.9. The van der Waals surface area contributed by atoms with Crippen molar-refractivity contribution in [1.82, 2.24) is 14.9 Å². The van der Waals surface area contributed by atoms with Crippen LogP contribution in [0.5, 0.6) is 5.75 Å². The molecule has 0 bridgehead atoms. The number of nitrogens with two attached hydrogens (primary N) is 1. The molecule has 2 aromatic carbocycles. The van der Waals surface area contributed by atoms with Crippen molar-refractivity contribution in [2.45, 2.75) is 38.0 Å². The largest absolute Gasteiger partial charge is 0.497 e. The standard InChI is InChI=1S/C27H32N4O2/c1-33-21-6-8-25-22(15-21)20(16-29-25)4-2-3-11-31-12-9-18(10-13-31)24-17-30-26-7-5-19(27(28)32)14-23(24)26/h5-8,14-18,29-30H,2-4,9-13H2,1H3,(H2,28,32). The minimum absolute atomic E-state index is 0.370. The fraction of sp³-hybridized carbons (Fsp3) is 0.370. The van der Waals surface area contributed by atoms with Crippen molar-refractivity contribution >= 4 is 27.7 Å². The van der Waals surface area contributed by atoms with E-state index >= 15 is 0 Å². The predicted molar refractivity (Wildman–Crippen MR) is 133 cm³/mol. The van der Waals surface area contributed by atoms with Gasteiger partial charge in [0.05, 0.1) is 7.11 Å². The molecule has 3 heterocycles. The molecule has 0 spiro atoms. The number of piperidine rings is 1. The molecule has 0 aliphatic carbocycles. The third-order valence-electron chi connectivity index (χ3n) is 7.17. The second-order valence-corrected chi connectivity index (χ2v) is 9.17. The molecular weight excluding hydrogens is 412 g/mol. The summed E-state index contributed by atoms with van der Waals surface area (Å²) in [5.74, 6) is 1.07. The number of primary amides is 1. The first kappa shape index (κ1) is 21.6. The maximum absolute atomic E-state index is 11.6. The maximum atomic E-state index is 11.6. The molecule has 1 aliphatic rings. The van der Waals surface area contributed by atoms with Crippen LogP contribution in [0.25, 0.3) is 21.8 Å². The molecule has 33 heavy (non-hydrogen) atoms. The van der Waals surface area contributed by atoms with Crippen LogP contribution < -0.4 is 10.5 Å². The number of nitrogens with zero attached hydrogens (tertiary/aromatic N) is 1. The third-order valence-corrected chi connectivity index (χ3v) is 7.17. The Bertz CT molecular complexity index is 1260. The summed E-state index contributed by atoms with van der Waals surface area (Å²) < 4.78 is 5.38. The van der Waals surface area contributed by atoms with Crippen molar-refractivity contribution in [3.8, 4) is 5.75 Å². The van der Waals surface area contributed by atoms with Gasteiger partial charge in [0.25, 0.3) is 0 Å². The zero-order valence-electron chi connectivity index (χ0n) is 19.2. The Labute approximate surface area is 194 Å². The Kier molecular flexibility index (Phi) is 6.09. The molecular formula is C27H32N4O2. The number of amides is 1. The van der Waals surface area contributed by atoms with Crippen LogP contribution in [-0.4, -0.2) is 47.5 Å². The van der Waals surface area contributed by atoms with Crippen LogP contribution in [-0.2, 0) is 6.42 Å². The van der Waals surface area contributed by atoms with Gasteiger partial charge in [-0.15, -0.1) is 0 Å². The minimum atomic E-state index is -0.370. The Balaban J connectivity index is 1.12. The Morgan fingerprint density at radius 2 is 1.79 bits per heavy atom. The molecule has 0 atom stereocenters. The molecule has 4 aromatic rings. The summed E-state index contributed by atoms with van der Waals surface area (Å²) in [4.78, 5) is 20.9. The number of rotatable bonds is 8. The fourth-order valence-corrected chi connectivity index (χ4v) is 5.24. The lowest BCUT2D eigenvalue weighted by Crippen LogP contribution is -2.33. The van der Waals surface area contributed by atoms with E-state index in [4.69, 9.17) is 10.5 Å². The van der Waals surface area contributed by atoms with E-state index in [0.717, 1.165) is 55.5 Å². The van der Waals surface area contributed by atoms with Crippen LogP contribution in [0, 0.1) is 0 Å². The molecule has 6 nitrogen and oxygen atoms in total. The summed E-state index contributed by atoms with van der Waals surface area (Å²) in [7, 11) is 1.72. The van der Waals surface area contributed by atoms with Gasteiger partial charge in [-0.25, -0.2) is 0 Å². The number of likely N-dealkylation sites (tertiary alicyclic amines) is 1. The van der Waals surface area contributed by atoms with Gasteiger partial charge in [0.1, 0.15) is 5.75 Å². The molecule has 1 aliphatic heterocycles. The summed E-state index contributed by atoms with van der Waals surface area (Å²) in [5, 5.41) is 2.41. The topological polar surface area (TPSA) is 87.1 Å². The zero-order valence-corrected chi connectivity index (χ0v) is 19.2. The van der Waals surface area contributed by atoms with E-state index in [-0.39, 0.29) is 5.91 Å². The highest BCUT2D eigenvalue weighted by molar-refractivity contribution is 5.98. The van der Waals surface area contributed by atoms with E-state index in [2.05, 4.69) is 39.4 Å². The van der Waals surface area contributed by atoms with Crippen LogP contribution in [0.4, 0.5) is 0 Å². The molecule has 0 radical (unpaired) electrons. The summed E-state index contributed by atoms with van der Waals surface area (Å²) in [6.07, 6.45) is 10.0. The van der Waals surface area contributed by atoms with Crippen molar-refractivity contribution in [1.29, 1.82) is 0 Å². The van der Waals surface area contributed by atoms with E-state index < -0.39 is 0 Å². The van der Waals surface area contributed by atoms with Gasteiger partial charge in [-0.05, 0) is 105 Å². The van der Waals surface area contributed by atoms with Gasteiger partial charge >= 0.3 is 0 Å². The SMILES string of the molecule is COc1ccc2[nH]cc(CCCCN3CCC(c4c[nH]c5ccc(C(N)=O)cc45)CC3)c2c1. The average Bonchev–Trinajstić information content (AvgIpc) is 3.45. The van der Waals surface area contributed by atoms with E-state index in [1.165, 1.54) is 34.9 Å². The van der Waals surface area contributed by atoms with Crippen LogP contribution in [0.15, 0.2) is 48.8 Å². The van der Waals surface area contributed by atoms with Gasteiger partial charge in [-0.1, -0.05) is 0 Å². The lowest BCUT2D eigenvalue weighted by Gasteiger charge is -2.32. The number of aromatic nitrogens is 2. The maximum Gasteiger partial charge on any atom is 0.248 e. The second kappa shape index (κ2) is 9.32. The number of aryl methyl sites for hydroxylation is 1. The number of nitrogens with one attached hydrogen (secondary N) is 2. The lowest BCUT2D eigenvalue weighted by atomic mass is 9.88. The van der Waals surface area contributed by atoms with Gasteiger partial charge in [0, 0.05) is 39.8 Å². The highest BCUT2D eigenvalue weighted by Gasteiger charge is 2.23. The third kappa shape index (κ3) is 4.48. The van der Waals surface area contributed by atoms with Gasteiger partial charge in [-0.2, -0.15) is 0 Å². The van der Waals surface area contributed by atoms with Crippen LogP contribution in [0.3, 0.4) is 0 Å². The summed E-state index contributed by atoms with van der Waals surface area (Å²) >= 11 is 0. The van der Waals surface area contributed by atoms with E-state index in [1.807, 2.05) is 18.2 Å². The predicted octanol–water partition coefficient (Wildman–Crippen LogP) is 4.96. The summed E-state index contributed by atoms with van der Waals surface area (Å²) in [6.45, 7) is 3.40. The molecule has 0 saturated carbocycles. The molecule has 6 heteroatoms. The summed E-state index contributed by atoms with van der Waals surface area (Å²) in [6, 6.07) is 11.9. The van der Waals surface area contributed by atoms with E-state index in [1.54, 1.807) is 13.2 Å². The Hall–Kier alpha value is -3.25. The number of carbonyl (C=O) groups excluding carboxylic acids is 1. The molecule has 1 fully saturated rings. The van der Waals surface area contributed by atoms with Crippen molar-refractivity contribution in [2.24, 2.45) is 5.73 Å². The van der Waals surface area contributed by atoms with E-state index in [0.29, 0.717) is 11.5 Å². The number of hydrogen-bond acceptors (Lipinski definition) is 3. The first-order chi connectivity index (χ1) is 16.1. The number of aromatic amines is 2. The monoisotopic (exact) mass is 444 g/mol. The number of carbonyl (C=O) groups is 1. The average molecular weight is 445 g/mol. The van der Waals surface area contributed by atoms with Crippen molar-refractivity contribution in [3.05, 3.63) is 65.5 Å². The number of hydrogen-bond donors (Lipinski definition) is 3. The van der Waals surface area contributed by atoms with E-state index in [9.17, 15) is 4.79 Å². The Morgan fingerprint density at radius 1 is 1.03 bits per heavy atom. The van der Waals surface area contributed by atoms with Gasteiger partial charge < -0.3 is 25.3 Å². The van der Waals surface area contributed by atoms with Crippen molar-refractivity contribution < 1.29 is 9.53 Å². The van der Waals surface area contributed by atoms with Crippen LogP contribution in [0.2, 0.25) is 0 Å². The number of fused-ring (bicyclic) bond motifs is 2. The van der Waals surface area contributed by atoms with Gasteiger partial charge in [0.2, 0.25) is 5.91 Å². The highest BCUT2D eigenvalue weighted by Crippen LogP contribution is 2.34. The van der Waals surface area contributed by atoms with Crippen molar-refractivity contribution in [3.63, 3.8) is 0 Å². The quantitative estimate of drug-likeness (QED) is 0.336. The fourth-order valence-electron chi connectivity index (χ4n) is 5.24. The molecule has 5 rings (SSSR count). The molecule has 2 aromatic heterocycles. The second-order valence-electron chi connectivity index (χ2n) is 9.17. The molecule has 172 valence electrons. The van der Waals surface area contributed by atoms with Gasteiger partial charge in [-0.3, -0.25) is 4.79 Å². The molecule has 1 saturated heterocycles. The molecule has 1 amide bonds. The molecule has 4 N–H and O–H groups in total.